The molecule has 2 aliphatic rings. The minimum absolute atomic E-state index is 0.237. The predicted molar refractivity (Wildman–Crippen MR) is 63.0 cm³/mol. The summed E-state index contributed by atoms with van der Waals surface area (Å²) in [5, 5.41) is 0. The molecule has 0 N–H and O–H groups in total. The van der Waals surface area contributed by atoms with E-state index in [2.05, 4.69) is 11.5 Å². The molecule has 1 aliphatic heterocycles. The molecule has 0 aromatic carbocycles. The molecule has 1 heterocycles. The Bertz CT molecular complexity index is 276. The zero-order chi connectivity index (χ0) is 11.5. The molecular formula is C13H21NO2. The summed E-state index contributed by atoms with van der Waals surface area (Å²) >= 11 is 0. The fraction of sp³-hybridized carbons (Fsp3) is 0.769. The highest BCUT2D eigenvalue weighted by Crippen LogP contribution is 2.37. The maximum Gasteiger partial charge on any atom is 0.334 e. The fourth-order valence-corrected chi connectivity index (χ4v) is 3.03. The molecule has 2 rings (SSSR count). The lowest BCUT2D eigenvalue weighted by Gasteiger charge is -2.17. The maximum absolute atomic E-state index is 11.4. The van der Waals surface area contributed by atoms with Gasteiger partial charge in [-0.3, -0.25) is 4.90 Å². The summed E-state index contributed by atoms with van der Waals surface area (Å²) < 4.78 is 4.94. The van der Waals surface area contributed by atoms with Crippen LogP contribution in [-0.4, -0.2) is 37.1 Å². The van der Waals surface area contributed by atoms with Gasteiger partial charge in [0.2, 0.25) is 0 Å². The van der Waals surface area contributed by atoms with Gasteiger partial charge in [-0.1, -0.05) is 13.0 Å². The van der Waals surface area contributed by atoms with Crippen molar-refractivity contribution in [2.45, 2.75) is 26.2 Å². The van der Waals surface area contributed by atoms with Gasteiger partial charge < -0.3 is 4.74 Å². The highest BCUT2D eigenvalue weighted by atomic mass is 16.5. The number of rotatable bonds is 4. The first-order valence-electron chi connectivity index (χ1n) is 6.28. The summed E-state index contributed by atoms with van der Waals surface area (Å²) in [6.07, 6.45) is 4.13. The second-order valence-electron chi connectivity index (χ2n) is 4.97. The molecule has 0 aromatic rings. The fourth-order valence-electron chi connectivity index (χ4n) is 3.03. The number of esters is 1. The summed E-state index contributed by atoms with van der Waals surface area (Å²) in [4.78, 5) is 13.8. The van der Waals surface area contributed by atoms with Crippen molar-refractivity contribution in [2.75, 3.05) is 26.2 Å². The molecule has 3 heteroatoms. The van der Waals surface area contributed by atoms with Gasteiger partial charge in [-0.15, -0.1) is 0 Å². The average molecular weight is 223 g/mol. The number of nitrogens with zero attached hydrogens (tertiary/aromatic N) is 1. The second kappa shape index (κ2) is 5.00. The Hall–Kier alpha value is -0.830. The van der Waals surface area contributed by atoms with Crippen LogP contribution in [0.5, 0.6) is 0 Å². The van der Waals surface area contributed by atoms with Crippen LogP contribution in [-0.2, 0) is 9.53 Å². The topological polar surface area (TPSA) is 29.5 Å². The van der Waals surface area contributed by atoms with Crippen LogP contribution in [0.15, 0.2) is 12.2 Å². The predicted octanol–water partition coefficient (Wildman–Crippen LogP) is 1.84. The van der Waals surface area contributed by atoms with Crippen molar-refractivity contribution < 1.29 is 9.53 Å². The molecular weight excluding hydrogens is 202 g/mol. The smallest absolute Gasteiger partial charge is 0.334 e. The van der Waals surface area contributed by atoms with E-state index in [1.165, 1.54) is 19.3 Å². The van der Waals surface area contributed by atoms with Gasteiger partial charge in [0, 0.05) is 25.2 Å². The first-order valence-corrected chi connectivity index (χ1v) is 6.28. The highest BCUT2D eigenvalue weighted by Gasteiger charge is 2.36. The highest BCUT2D eigenvalue weighted by molar-refractivity contribution is 5.88. The van der Waals surface area contributed by atoms with Crippen LogP contribution in [0.4, 0.5) is 0 Å². The van der Waals surface area contributed by atoms with Gasteiger partial charge in [0.05, 0.1) is 6.61 Å². The summed E-state index contributed by atoms with van der Waals surface area (Å²) in [5.41, 5.74) is 0.599. The summed E-state index contributed by atoms with van der Waals surface area (Å²) in [6, 6.07) is 0. The van der Waals surface area contributed by atoms with Crippen LogP contribution in [0, 0.1) is 11.8 Å². The van der Waals surface area contributed by atoms with Crippen LogP contribution in [0.3, 0.4) is 0 Å². The van der Waals surface area contributed by atoms with E-state index in [1.54, 1.807) is 0 Å². The van der Waals surface area contributed by atoms with E-state index in [0.717, 1.165) is 24.9 Å². The van der Waals surface area contributed by atoms with Crippen LogP contribution in [0.1, 0.15) is 26.2 Å². The zero-order valence-corrected chi connectivity index (χ0v) is 10.1. The molecule has 0 bridgehead atoms. The average Bonchev–Trinajstić information content (AvgIpc) is 2.78. The molecule has 2 unspecified atom stereocenters. The van der Waals surface area contributed by atoms with Gasteiger partial charge in [0.15, 0.2) is 0 Å². The van der Waals surface area contributed by atoms with Crippen molar-refractivity contribution in [2.24, 2.45) is 11.8 Å². The van der Waals surface area contributed by atoms with Crippen molar-refractivity contribution in [3.63, 3.8) is 0 Å². The molecule has 3 nitrogen and oxygen atoms in total. The van der Waals surface area contributed by atoms with Crippen molar-refractivity contribution in [1.82, 2.24) is 4.90 Å². The van der Waals surface area contributed by atoms with Gasteiger partial charge in [-0.05, 0) is 31.6 Å². The van der Waals surface area contributed by atoms with Crippen LogP contribution in [0.25, 0.3) is 0 Å². The molecule has 0 spiro atoms. The minimum Gasteiger partial charge on any atom is -0.463 e. The third-order valence-corrected chi connectivity index (χ3v) is 3.78. The Labute approximate surface area is 97.5 Å². The lowest BCUT2D eigenvalue weighted by Crippen LogP contribution is -2.27. The van der Waals surface area contributed by atoms with Crippen molar-refractivity contribution in [3.05, 3.63) is 12.2 Å². The van der Waals surface area contributed by atoms with Crippen LogP contribution < -0.4 is 0 Å². The third-order valence-electron chi connectivity index (χ3n) is 3.78. The summed E-state index contributed by atoms with van der Waals surface area (Å²) in [6.45, 7) is 9.04. The molecule has 0 aromatic heterocycles. The Morgan fingerprint density at radius 3 is 2.56 bits per heavy atom. The van der Waals surface area contributed by atoms with E-state index in [9.17, 15) is 4.79 Å². The summed E-state index contributed by atoms with van der Waals surface area (Å²) in [5.74, 6) is 1.50. The standard InChI is InChI=1S/C13H21NO2/c1-3-16-13(15)10(2)7-14-8-11-5-4-6-12(11)9-14/h11-12H,2-9H2,1H3. The maximum atomic E-state index is 11.4. The normalized spacial score (nSPS) is 29.1. The molecule has 2 fully saturated rings. The molecule has 1 saturated carbocycles. The first kappa shape index (κ1) is 11.6. The number of hydrogen-bond donors (Lipinski definition) is 0. The second-order valence-corrected chi connectivity index (χ2v) is 4.97. The number of likely N-dealkylation sites (tertiary alicyclic amines) is 1. The number of fused-ring (bicyclic) bond motifs is 1. The zero-order valence-electron chi connectivity index (χ0n) is 10.1. The van der Waals surface area contributed by atoms with E-state index >= 15 is 0 Å². The minimum atomic E-state index is -0.237. The number of carbonyl (C=O) groups is 1. The summed E-state index contributed by atoms with van der Waals surface area (Å²) in [7, 11) is 0. The Kier molecular flexibility index (Phi) is 3.64. The van der Waals surface area contributed by atoms with E-state index in [4.69, 9.17) is 4.74 Å². The number of hydrogen-bond acceptors (Lipinski definition) is 3. The molecule has 90 valence electrons. The van der Waals surface area contributed by atoms with Gasteiger partial charge in [0.25, 0.3) is 0 Å². The quantitative estimate of drug-likeness (QED) is 0.538. The van der Waals surface area contributed by atoms with E-state index in [1.807, 2.05) is 6.92 Å². The lowest BCUT2D eigenvalue weighted by molar-refractivity contribution is -0.138. The third kappa shape index (κ3) is 2.46. The lowest BCUT2D eigenvalue weighted by atomic mass is 10.0. The van der Waals surface area contributed by atoms with E-state index in [-0.39, 0.29) is 5.97 Å². The van der Waals surface area contributed by atoms with E-state index in [0.29, 0.717) is 18.7 Å². The van der Waals surface area contributed by atoms with Crippen molar-refractivity contribution in [1.29, 1.82) is 0 Å². The molecule has 0 amide bonds. The van der Waals surface area contributed by atoms with Crippen molar-refractivity contribution >= 4 is 5.97 Å². The molecule has 0 radical (unpaired) electrons. The Balaban J connectivity index is 1.78. The largest absolute Gasteiger partial charge is 0.463 e. The van der Waals surface area contributed by atoms with Crippen LogP contribution >= 0.6 is 0 Å². The number of carbonyl (C=O) groups excluding carboxylic acids is 1. The Morgan fingerprint density at radius 2 is 2.00 bits per heavy atom. The molecule has 1 saturated heterocycles. The van der Waals surface area contributed by atoms with Gasteiger partial charge in [-0.2, -0.15) is 0 Å². The SMILES string of the molecule is C=C(CN1CC2CCCC2C1)C(=O)OCC. The molecule has 2 atom stereocenters. The molecule has 1 aliphatic carbocycles. The van der Waals surface area contributed by atoms with Crippen molar-refractivity contribution in [3.8, 4) is 0 Å². The van der Waals surface area contributed by atoms with Crippen LogP contribution in [0.2, 0.25) is 0 Å². The van der Waals surface area contributed by atoms with Gasteiger partial charge >= 0.3 is 5.97 Å². The van der Waals surface area contributed by atoms with E-state index < -0.39 is 0 Å². The molecule has 16 heavy (non-hydrogen) atoms. The van der Waals surface area contributed by atoms with Gasteiger partial charge in [0.1, 0.15) is 0 Å². The first-order chi connectivity index (χ1) is 7.70. The van der Waals surface area contributed by atoms with Gasteiger partial charge in [-0.25, -0.2) is 4.79 Å². The number of ether oxygens (including phenoxy) is 1. The monoisotopic (exact) mass is 223 g/mol. The Morgan fingerprint density at radius 1 is 1.38 bits per heavy atom.